The first-order valence-corrected chi connectivity index (χ1v) is 19.1. The van der Waals surface area contributed by atoms with Gasteiger partial charge in [-0.3, -0.25) is 24.6 Å². The van der Waals surface area contributed by atoms with Crippen LogP contribution in [0.25, 0.3) is 0 Å². The molecule has 3 atom stereocenters. The molecule has 10 nitrogen and oxygen atoms in total. The summed E-state index contributed by atoms with van der Waals surface area (Å²) in [6.07, 6.45) is 3.34. The Hall–Kier alpha value is -5.49. The quantitative estimate of drug-likeness (QED) is 0.140. The van der Waals surface area contributed by atoms with Crippen LogP contribution in [0.5, 0.6) is 17.2 Å². The highest BCUT2D eigenvalue weighted by Crippen LogP contribution is 2.47. The standard InChI is InChI=1S/C43H44F2N4O6/c44-30-7-4-27(5-8-30)35-26-55-39-24-32(50)10-12-34(39)41(35)28-6-14-38(36(45)23-28)54-21-3-1-2-16-47-17-19-48(20-18-47)31-9-11-33-29(22-31)25-49(43(33)53)37-13-15-40(51)46-42(37)52/h4-12,14,22-24,35,37,41,50H,1-3,13,15-21,25-26H2,(H,46,51,52)/t35-,37?,41?/m1/s1. The Morgan fingerprint density at radius 1 is 0.855 bits per heavy atom. The van der Waals surface area contributed by atoms with Gasteiger partial charge in [0.05, 0.1) is 13.2 Å². The first-order valence-electron chi connectivity index (χ1n) is 19.1. The maximum atomic E-state index is 15.5. The summed E-state index contributed by atoms with van der Waals surface area (Å²) in [4.78, 5) is 43.4. The van der Waals surface area contributed by atoms with Crippen molar-refractivity contribution in [3.8, 4) is 17.2 Å². The number of benzene rings is 4. The molecule has 4 heterocycles. The van der Waals surface area contributed by atoms with E-state index < -0.39 is 17.8 Å². The maximum Gasteiger partial charge on any atom is 0.255 e. The van der Waals surface area contributed by atoms with E-state index in [2.05, 4.69) is 21.2 Å². The van der Waals surface area contributed by atoms with E-state index in [0.29, 0.717) is 37.5 Å². The smallest absolute Gasteiger partial charge is 0.255 e. The predicted molar refractivity (Wildman–Crippen MR) is 201 cm³/mol. The maximum absolute atomic E-state index is 15.5. The van der Waals surface area contributed by atoms with Crippen LogP contribution >= 0.6 is 0 Å². The van der Waals surface area contributed by atoms with Crippen LogP contribution < -0.4 is 19.7 Å². The summed E-state index contributed by atoms with van der Waals surface area (Å²) < 4.78 is 41.1. The van der Waals surface area contributed by atoms with Crippen LogP contribution in [0, 0.1) is 11.6 Å². The number of nitrogens with zero attached hydrogens (tertiary/aromatic N) is 3. The molecular weight excluding hydrogens is 706 g/mol. The van der Waals surface area contributed by atoms with Crippen LogP contribution in [0.1, 0.15) is 76.6 Å². The number of nitrogens with one attached hydrogen (secondary N) is 1. The van der Waals surface area contributed by atoms with Crippen molar-refractivity contribution >= 4 is 23.4 Å². The molecule has 0 bridgehead atoms. The van der Waals surface area contributed by atoms with Crippen molar-refractivity contribution < 1.29 is 37.7 Å². The highest BCUT2D eigenvalue weighted by molar-refractivity contribution is 6.05. The molecule has 4 aromatic rings. The van der Waals surface area contributed by atoms with Crippen LogP contribution in [0.3, 0.4) is 0 Å². The topological polar surface area (TPSA) is 112 Å². The summed E-state index contributed by atoms with van der Waals surface area (Å²) in [5, 5.41) is 12.4. The second kappa shape index (κ2) is 15.7. The van der Waals surface area contributed by atoms with Crippen LogP contribution in [-0.4, -0.2) is 84.6 Å². The van der Waals surface area contributed by atoms with Crippen LogP contribution in [0.4, 0.5) is 14.5 Å². The number of unbranched alkanes of at least 4 members (excludes halogenated alkanes) is 2. The molecule has 12 heteroatoms. The zero-order chi connectivity index (χ0) is 38.1. The number of carbonyl (C=O) groups excluding carboxylic acids is 3. The fraction of sp³-hybridized carbons (Fsp3) is 0.372. The molecule has 0 radical (unpaired) electrons. The second-order valence-electron chi connectivity index (χ2n) is 14.8. The van der Waals surface area contributed by atoms with Gasteiger partial charge in [0.2, 0.25) is 11.8 Å². The third kappa shape index (κ3) is 7.73. The molecule has 2 unspecified atom stereocenters. The minimum Gasteiger partial charge on any atom is -0.508 e. The highest BCUT2D eigenvalue weighted by Gasteiger charge is 2.39. The van der Waals surface area contributed by atoms with Gasteiger partial charge in [0.1, 0.15) is 23.4 Å². The number of halogens is 2. The molecule has 4 aliphatic heterocycles. The summed E-state index contributed by atoms with van der Waals surface area (Å²) in [6, 6.07) is 21.6. The molecule has 4 aliphatic rings. The lowest BCUT2D eigenvalue weighted by Crippen LogP contribution is -2.52. The lowest BCUT2D eigenvalue weighted by molar-refractivity contribution is -0.136. The van der Waals surface area contributed by atoms with Crippen molar-refractivity contribution in [2.24, 2.45) is 0 Å². The molecule has 286 valence electrons. The molecule has 8 rings (SSSR count). The van der Waals surface area contributed by atoms with E-state index in [-0.39, 0.29) is 47.4 Å². The van der Waals surface area contributed by atoms with Gasteiger partial charge in [-0.25, -0.2) is 8.78 Å². The molecule has 2 fully saturated rings. The van der Waals surface area contributed by atoms with E-state index in [1.54, 1.807) is 41.3 Å². The normalized spacial score (nSPS) is 21.2. The number of rotatable bonds is 11. The summed E-state index contributed by atoms with van der Waals surface area (Å²) >= 11 is 0. The van der Waals surface area contributed by atoms with Gasteiger partial charge in [0.15, 0.2) is 11.6 Å². The number of hydrogen-bond donors (Lipinski definition) is 2. The van der Waals surface area contributed by atoms with Crippen molar-refractivity contribution in [2.45, 2.75) is 56.5 Å². The number of anilines is 1. The molecular formula is C43H44F2N4O6. The Morgan fingerprint density at radius 2 is 1.65 bits per heavy atom. The minimum absolute atomic E-state index is 0.0883. The zero-order valence-electron chi connectivity index (χ0n) is 30.5. The Bertz CT molecular complexity index is 2090. The van der Waals surface area contributed by atoms with Crippen LogP contribution in [0.2, 0.25) is 0 Å². The van der Waals surface area contributed by atoms with Gasteiger partial charge in [-0.1, -0.05) is 24.3 Å². The molecule has 0 aliphatic carbocycles. The number of amides is 3. The summed E-state index contributed by atoms with van der Waals surface area (Å²) in [5.41, 5.74) is 5.06. The predicted octanol–water partition coefficient (Wildman–Crippen LogP) is 6.11. The molecule has 3 amide bonds. The lowest BCUT2D eigenvalue weighted by Gasteiger charge is -2.36. The number of phenols is 1. The number of ether oxygens (including phenoxy) is 2. The highest BCUT2D eigenvalue weighted by atomic mass is 19.1. The van der Waals surface area contributed by atoms with Gasteiger partial charge in [-0.2, -0.15) is 0 Å². The summed E-state index contributed by atoms with van der Waals surface area (Å²) in [7, 11) is 0. The van der Waals surface area contributed by atoms with E-state index in [1.807, 2.05) is 18.2 Å². The minimum atomic E-state index is -0.618. The van der Waals surface area contributed by atoms with Gasteiger partial charge in [0, 0.05) is 73.9 Å². The SMILES string of the molecule is O=C1CCC(N2Cc3cc(N4CCN(CCCCCOc5ccc(C6c7ccc(O)cc7OC[C@@H]6c6ccc(F)cc6)cc5F)CC4)ccc3C2=O)C(=O)N1. The van der Waals surface area contributed by atoms with E-state index >= 15 is 4.39 Å². The lowest BCUT2D eigenvalue weighted by atomic mass is 9.76. The van der Waals surface area contributed by atoms with Gasteiger partial charge >= 0.3 is 0 Å². The first-order chi connectivity index (χ1) is 26.7. The number of piperazine rings is 1. The Balaban J connectivity index is 0.792. The largest absolute Gasteiger partial charge is 0.508 e. The molecule has 0 saturated carbocycles. The van der Waals surface area contributed by atoms with Crippen molar-refractivity contribution in [3.63, 3.8) is 0 Å². The van der Waals surface area contributed by atoms with Crippen molar-refractivity contribution in [3.05, 3.63) is 118 Å². The number of aromatic hydroxyl groups is 1. The molecule has 55 heavy (non-hydrogen) atoms. The summed E-state index contributed by atoms with van der Waals surface area (Å²) in [5.74, 6) is -1.24. The first kappa shape index (κ1) is 36.5. The molecule has 2 N–H and O–H groups in total. The van der Waals surface area contributed by atoms with Crippen LogP contribution in [0.15, 0.2) is 78.9 Å². The fourth-order valence-corrected chi connectivity index (χ4v) is 8.42. The van der Waals surface area contributed by atoms with Crippen LogP contribution in [-0.2, 0) is 16.1 Å². The van der Waals surface area contributed by atoms with E-state index in [1.165, 1.54) is 18.2 Å². The number of phenolic OH excluding ortho intramolecular Hbond substituents is 1. The molecule has 0 aromatic heterocycles. The Labute approximate surface area is 318 Å². The van der Waals surface area contributed by atoms with Gasteiger partial charge in [0.25, 0.3) is 5.91 Å². The fourth-order valence-electron chi connectivity index (χ4n) is 8.42. The second-order valence-corrected chi connectivity index (χ2v) is 14.8. The summed E-state index contributed by atoms with van der Waals surface area (Å²) in [6.45, 7) is 5.63. The van der Waals surface area contributed by atoms with Gasteiger partial charge in [-0.05, 0) is 97.4 Å². The van der Waals surface area contributed by atoms with E-state index in [4.69, 9.17) is 9.47 Å². The average molecular weight is 751 g/mol. The molecule has 0 spiro atoms. The van der Waals surface area contributed by atoms with Crippen molar-refractivity contribution in [1.29, 1.82) is 0 Å². The zero-order valence-corrected chi connectivity index (χ0v) is 30.5. The van der Waals surface area contributed by atoms with E-state index in [0.717, 1.165) is 79.9 Å². The number of imide groups is 1. The average Bonchev–Trinajstić information content (AvgIpc) is 3.51. The van der Waals surface area contributed by atoms with E-state index in [9.17, 15) is 23.9 Å². The van der Waals surface area contributed by atoms with Gasteiger partial charge < -0.3 is 24.4 Å². The number of piperidine rings is 1. The molecule has 4 aromatic carbocycles. The number of hydrogen-bond acceptors (Lipinski definition) is 8. The number of fused-ring (bicyclic) bond motifs is 2. The number of carbonyl (C=O) groups is 3. The monoisotopic (exact) mass is 750 g/mol. The van der Waals surface area contributed by atoms with Crippen molar-refractivity contribution in [1.82, 2.24) is 15.1 Å². The third-order valence-corrected chi connectivity index (χ3v) is 11.4. The van der Waals surface area contributed by atoms with Gasteiger partial charge in [-0.15, -0.1) is 0 Å². The third-order valence-electron chi connectivity index (χ3n) is 11.4. The van der Waals surface area contributed by atoms with Crippen molar-refractivity contribution in [2.75, 3.05) is 50.8 Å². The Morgan fingerprint density at radius 3 is 2.44 bits per heavy atom. The molecule has 2 saturated heterocycles. The Kier molecular flexibility index (Phi) is 10.4.